The van der Waals surface area contributed by atoms with Crippen molar-refractivity contribution in [2.75, 3.05) is 0 Å². The number of fused-ring (bicyclic) bond motifs is 1. The molecule has 0 aliphatic heterocycles. The number of nitrogens with one attached hydrogen (secondary N) is 2. The highest BCUT2D eigenvalue weighted by molar-refractivity contribution is 5.98. The summed E-state index contributed by atoms with van der Waals surface area (Å²) in [6, 6.07) is 14.6. The number of allylic oxidation sites excluding steroid dienone is 2. The van der Waals surface area contributed by atoms with Gasteiger partial charge >= 0.3 is 0 Å². The van der Waals surface area contributed by atoms with Gasteiger partial charge in [-0.15, -0.1) is 0 Å². The van der Waals surface area contributed by atoms with Crippen molar-refractivity contribution in [2.24, 2.45) is 0 Å². The summed E-state index contributed by atoms with van der Waals surface area (Å²) in [5, 5.41) is 9.94. The lowest BCUT2D eigenvalue weighted by atomic mass is 10.0. The molecule has 0 saturated carbocycles. The molecule has 0 bridgehead atoms. The Balaban J connectivity index is 1.68. The maximum atomic E-state index is 14.5. The van der Waals surface area contributed by atoms with Crippen LogP contribution in [0.3, 0.4) is 0 Å². The summed E-state index contributed by atoms with van der Waals surface area (Å²) in [7, 11) is 0. The lowest BCUT2D eigenvalue weighted by molar-refractivity contribution is 0.631. The first kappa shape index (κ1) is 19.6. The van der Waals surface area contributed by atoms with E-state index in [4.69, 9.17) is 0 Å². The molecule has 0 spiro atoms. The fourth-order valence-corrected chi connectivity index (χ4v) is 3.85. The molecule has 0 aliphatic rings. The Kier molecular flexibility index (Phi) is 4.95. The summed E-state index contributed by atoms with van der Waals surface area (Å²) >= 11 is 0. The predicted molar refractivity (Wildman–Crippen MR) is 126 cm³/mol. The normalized spacial score (nSPS) is 12.6. The second-order valence-corrected chi connectivity index (χ2v) is 7.37. The van der Waals surface area contributed by atoms with Crippen molar-refractivity contribution in [1.82, 2.24) is 25.1 Å². The van der Waals surface area contributed by atoms with Crippen LogP contribution in [-0.2, 0) is 0 Å². The third kappa shape index (κ3) is 3.41. The van der Waals surface area contributed by atoms with Gasteiger partial charge in [-0.25, -0.2) is 4.39 Å². The van der Waals surface area contributed by atoms with E-state index in [-0.39, 0.29) is 5.82 Å². The van der Waals surface area contributed by atoms with E-state index < -0.39 is 0 Å². The Hall–Kier alpha value is -4.32. The van der Waals surface area contributed by atoms with Crippen molar-refractivity contribution >= 4 is 29.1 Å². The lowest BCUT2D eigenvalue weighted by Gasteiger charge is -2.04. The van der Waals surface area contributed by atoms with E-state index in [1.165, 1.54) is 6.07 Å². The fourth-order valence-electron chi connectivity index (χ4n) is 3.85. The van der Waals surface area contributed by atoms with E-state index in [2.05, 4.69) is 31.7 Å². The van der Waals surface area contributed by atoms with Gasteiger partial charge < -0.3 is 4.98 Å². The van der Waals surface area contributed by atoms with Gasteiger partial charge in [0.15, 0.2) is 0 Å². The monoisotopic (exact) mass is 421 g/mol. The quantitative estimate of drug-likeness (QED) is 0.450. The van der Waals surface area contributed by atoms with E-state index in [9.17, 15) is 4.39 Å². The van der Waals surface area contributed by atoms with Crippen LogP contribution in [-0.4, -0.2) is 25.1 Å². The highest BCUT2D eigenvalue weighted by atomic mass is 19.1. The zero-order valence-corrected chi connectivity index (χ0v) is 17.4. The zero-order valence-electron chi connectivity index (χ0n) is 17.4. The van der Waals surface area contributed by atoms with Crippen LogP contribution in [0.15, 0.2) is 73.2 Å². The molecule has 5 nitrogen and oxygen atoms in total. The first-order valence-corrected chi connectivity index (χ1v) is 10.2. The van der Waals surface area contributed by atoms with Gasteiger partial charge in [0.2, 0.25) is 0 Å². The Morgan fingerprint density at radius 1 is 1.06 bits per heavy atom. The van der Waals surface area contributed by atoms with Gasteiger partial charge in [-0.1, -0.05) is 43.0 Å². The van der Waals surface area contributed by atoms with Gasteiger partial charge in [0.1, 0.15) is 11.5 Å². The van der Waals surface area contributed by atoms with Gasteiger partial charge in [0.05, 0.1) is 22.9 Å². The van der Waals surface area contributed by atoms with Crippen LogP contribution in [0, 0.1) is 5.82 Å². The van der Waals surface area contributed by atoms with Crippen LogP contribution in [0.5, 0.6) is 0 Å². The summed E-state index contributed by atoms with van der Waals surface area (Å²) in [5.74, 6) is -0.252. The van der Waals surface area contributed by atoms with Crippen LogP contribution < -0.4 is 10.6 Å². The number of rotatable bonds is 4. The van der Waals surface area contributed by atoms with Gasteiger partial charge in [0, 0.05) is 34.1 Å². The van der Waals surface area contributed by atoms with Crippen molar-refractivity contribution in [2.45, 2.75) is 6.92 Å². The molecule has 0 atom stereocenters. The standard InChI is InChI=1S/C26H20FN5/c1-3-17(25-15-28-11-12-29-25)13-20-16(2)31-32-26(20)24-14-21-18(8-6-10-23(21)30-24)19-7-4-5-9-22(19)27/h3-15,30-31H,2H2,1H3/b17-3+,20-13+. The average molecular weight is 421 g/mol. The van der Waals surface area contributed by atoms with Crippen molar-refractivity contribution in [3.63, 3.8) is 0 Å². The third-order valence-electron chi connectivity index (χ3n) is 5.44. The predicted octanol–water partition coefficient (Wildman–Crippen LogP) is 4.45. The third-order valence-corrected chi connectivity index (χ3v) is 5.44. The number of hydrogen-bond acceptors (Lipinski definition) is 3. The fraction of sp³-hybridized carbons (Fsp3) is 0.0385. The molecule has 0 radical (unpaired) electrons. The summed E-state index contributed by atoms with van der Waals surface area (Å²) in [4.78, 5) is 12.0. The van der Waals surface area contributed by atoms with Gasteiger partial charge in [0.25, 0.3) is 0 Å². The minimum absolute atomic E-state index is 0.252. The molecule has 2 aromatic carbocycles. The number of hydrogen-bond donors (Lipinski definition) is 2. The van der Waals surface area contributed by atoms with E-state index in [1.54, 1.807) is 30.7 Å². The lowest BCUT2D eigenvalue weighted by Crippen LogP contribution is -2.22. The maximum absolute atomic E-state index is 14.5. The van der Waals surface area contributed by atoms with Crippen LogP contribution >= 0.6 is 0 Å². The van der Waals surface area contributed by atoms with E-state index in [1.807, 2.05) is 49.4 Å². The Bertz CT molecular complexity index is 1560. The van der Waals surface area contributed by atoms with Crippen molar-refractivity contribution in [3.05, 3.63) is 95.3 Å². The first-order chi connectivity index (χ1) is 15.7. The SMILES string of the molecule is C=c1[nH]nc(-c2cc3c(-c4ccccc4F)cccc3[nH]2)/c1=C/C(=C\C)c1cnccn1. The smallest absolute Gasteiger partial charge is 0.131 e. The molecular formula is C26H20FN5. The molecule has 6 heteroatoms. The molecule has 0 fully saturated rings. The van der Waals surface area contributed by atoms with Crippen LogP contribution in [0.25, 0.3) is 51.6 Å². The van der Waals surface area contributed by atoms with Gasteiger partial charge in [-0.2, -0.15) is 5.10 Å². The molecule has 0 amide bonds. The first-order valence-electron chi connectivity index (χ1n) is 10.2. The molecule has 5 rings (SSSR count). The Morgan fingerprint density at radius 2 is 1.91 bits per heavy atom. The van der Waals surface area contributed by atoms with Gasteiger partial charge in [-0.3, -0.25) is 15.1 Å². The molecule has 32 heavy (non-hydrogen) atoms. The molecule has 156 valence electrons. The number of aromatic amines is 2. The topological polar surface area (TPSA) is 70.2 Å². The minimum atomic E-state index is -0.252. The number of halogens is 1. The Labute approximate surface area is 183 Å². The molecule has 5 aromatic rings. The highest BCUT2D eigenvalue weighted by Gasteiger charge is 2.14. The van der Waals surface area contributed by atoms with Crippen molar-refractivity contribution in [1.29, 1.82) is 0 Å². The average Bonchev–Trinajstić information content (AvgIpc) is 3.41. The summed E-state index contributed by atoms with van der Waals surface area (Å²) in [6.07, 6.45) is 8.99. The van der Waals surface area contributed by atoms with Gasteiger partial charge in [-0.05, 0) is 42.3 Å². The molecule has 3 aromatic heterocycles. The molecule has 0 aliphatic carbocycles. The van der Waals surface area contributed by atoms with E-state index in [0.29, 0.717) is 10.9 Å². The second kappa shape index (κ2) is 8.07. The number of H-pyrrole nitrogens is 2. The van der Waals surface area contributed by atoms with Crippen molar-refractivity contribution in [3.8, 4) is 22.5 Å². The summed E-state index contributed by atoms with van der Waals surface area (Å²) in [6.45, 7) is 6.05. The maximum Gasteiger partial charge on any atom is 0.131 e. The largest absolute Gasteiger partial charge is 0.353 e. The molecule has 0 saturated heterocycles. The number of benzene rings is 2. The van der Waals surface area contributed by atoms with E-state index in [0.717, 1.165) is 44.3 Å². The van der Waals surface area contributed by atoms with Crippen molar-refractivity contribution < 1.29 is 4.39 Å². The summed E-state index contributed by atoms with van der Waals surface area (Å²) in [5.41, 5.74) is 5.51. The van der Waals surface area contributed by atoms with Crippen LogP contribution in [0.2, 0.25) is 0 Å². The number of nitrogens with zero attached hydrogens (tertiary/aromatic N) is 3. The Morgan fingerprint density at radius 3 is 2.69 bits per heavy atom. The van der Waals surface area contributed by atoms with Crippen LogP contribution in [0.4, 0.5) is 4.39 Å². The minimum Gasteiger partial charge on any atom is -0.353 e. The molecule has 0 unspecified atom stereocenters. The summed E-state index contributed by atoms with van der Waals surface area (Å²) < 4.78 is 14.5. The second-order valence-electron chi connectivity index (χ2n) is 7.37. The van der Waals surface area contributed by atoms with Crippen LogP contribution in [0.1, 0.15) is 12.6 Å². The van der Waals surface area contributed by atoms with E-state index >= 15 is 0 Å². The number of aromatic nitrogens is 5. The molecular weight excluding hydrogens is 401 g/mol. The zero-order chi connectivity index (χ0) is 22.1. The highest BCUT2D eigenvalue weighted by Crippen LogP contribution is 2.32. The molecule has 3 heterocycles. The molecule has 2 N–H and O–H groups in total.